The number of carbonyl (C=O) groups is 1. The first-order valence-corrected chi connectivity index (χ1v) is 11.8. The number of aromatic nitrogens is 2. The Morgan fingerprint density at radius 3 is 2.26 bits per heavy atom. The van der Waals surface area contributed by atoms with E-state index in [9.17, 15) is 4.79 Å². The first-order valence-electron chi connectivity index (χ1n) is 11.8. The molecule has 0 radical (unpaired) electrons. The lowest BCUT2D eigenvalue weighted by molar-refractivity contribution is -0.138. The summed E-state index contributed by atoms with van der Waals surface area (Å²) >= 11 is 0. The summed E-state index contributed by atoms with van der Waals surface area (Å²) in [4.78, 5) is 26.9. The highest BCUT2D eigenvalue weighted by molar-refractivity contribution is 5.81. The van der Waals surface area contributed by atoms with Crippen LogP contribution in [0, 0.1) is 5.92 Å². The van der Waals surface area contributed by atoms with Crippen molar-refractivity contribution in [2.45, 2.75) is 25.3 Å². The highest BCUT2D eigenvalue weighted by atomic mass is 16.5. The Morgan fingerprint density at radius 1 is 0.912 bits per heavy atom. The second kappa shape index (κ2) is 9.71. The minimum atomic E-state index is -0.146. The molecule has 1 fully saturated rings. The molecule has 7 heteroatoms. The van der Waals surface area contributed by atoms with Gasteiger partial charge in [-0.05, 0) is 54.2 Å². The van der Waals surface area contributed by atoms with Crippen molar-refractivity contribution in [3.05, 3.63) is 77.6 Å². The van der Waals surface area contributed by atoms with Crippen LogP contribution in [0.4, 0.5) is 5.95 Å². The van der Waals surface area contributed by atoms with Gasteiger partial charge in [0.2, 0.25) is 11.9 Å². The number of amides is 1. The Bertz CT molecular complexity index is 1130. The smallest absolute Gasteiger partial charge is 0.226 e. The van der Waals surface area contributed by atoms with Crippen molar-refractivity contribution in [2.24, 2.45) is 5.92 Å². The molecule has 1 aromatic heterocycles. The molecular formula is C27H30N4O3. The molecule has 3 aromatic rings. The summed E-state index contributed by atoms with van der Waals surface area (Å²) in [6.07, 6.45) is 5.92. The Balaban J connectivity index is 1.42. The highest BCUT2D eigenvalue weighted by Gasteiger charge is 2.37. The number of fused-ring (bicyclic) bond motifs is 1. The van der Waals surface area contributed by atoms with Gasteiger partial charge in [-0.1, -0.05) is 30.3 Å². The monoisotopic (exact) mass is 458 g/mol. The van der Waals surface area contributed by atoms with E-state index in [0.717, 1.165) is 55.2 Å². The zero-order valence-electron chi connectivity index (χ0n) is 19.7. The number of piperidine rings is 1. The van der Waals surface area contributed by atoms with Crippen LogP contribution in [0.15, 0.2) is 60.9 Å². The van der Waals surface area contributed by atoms with Gasteiger partial charge in [0.15, 0.2) is 11.5 Å². The number of rotatable bonds is 5. The maximum absolute atomic E-state index is 13.9. The lowest BCUT2D eigenvalue weighted by Crippen LogP contribution is -2.47. The summed E-state index contributed by atoms with van der Waals surface area (Å²) in [5.74, 6) is 2.37. The number of carbonyl (C=O) groups excluding carboxylic acids is 1. The molecule has 176 valence electrons. The predicted molar refractivity (Wildman–Crippen MR) is 130 cm³/mol. The van der Waals surface area contributed by atoms with Crippen LogP contribution in [0.5, 0.6) is 11.5 Å². The largest absolute Gasteiger partial charge is 0.493 e. The number of ether oxygens (including phenoxy) is 2. The van der Waals surface area contributed by atoms with Crippen molar-refractivity contribution >= 4 is 11.9 Å². The summed E-state index contributed by atoms with van der Waals surface area (Å²) in [5, 5.41) is 0. The molecule has 1 unspecified atom stereocenters. The molecule has 0 aliphatic carbocycles. The fourth-order valence-electron chi connectivity index (χ4n) is 5.19. The van der Waals surface area contributed by atoms with Crippen LogP contribution in [0.2, 0.25) is 0 Å². The third kappa shape index (κ3) is 4.18. The standard InChI is InChI=1S/C27H30N4O3/c1-33-23-17-21-11-16-31(25(19-7-4-3-5-8-19)22(21)18-24(23)34-2)26(32)20-9-14-30(15-10-20)27-28-12-6-13-29-27/h3-8,12-13,17-18,20,25H,9-11,14-16H2,1-2H3. The second-order valence-corrected chi connectivity index (χ2v) is 8.81. The minimum Gasteiger partial charge on any atom is -0.493 e. The van der Waals surface area contributed by atoms with E-state index in [2.05, 4.69) is 38.0 Å². The summed E-state index contributed by atoms with van der Waals surface area (Å²) in [7, 11) is 3.31. The first-order chi connectivity index (χ1) is 16.7. The average Bonchev–Trinajstić information content (AvgIpc) is 2.92. The molecule has 34 heavy (non-hydrogen) atoms. The second-order valence-electron chi connectivity index (χ2n) is 8.81. The molecule has 3 heterocycles. The van der Waals surface area contributed by atoms with E-state index in [-0.39, 0.29) is 17.9 Å². The van der Waals surface area contributed by atoms with E-state index in [1.807, 2.05) is 30.3 Å². The minimum absolute atomic E-state index is 0.00660. The molecule has 5 rings (SSSR count). The van der Waals surface area contributed by atoms with Crippen molar-refractivity contribution in [3.63, 3.8) is 0 Å². The van der Waals surface area contributed by atoms with E-state index < -0.39 is 0 Å². The number of hydrogen-bond donors (Lipinski definition) is 0. The maximum Gasteiger partial charge on any atom is 0.226 e. The number of benzene rings is 2. The molecule has 1 amide bonds. The average molecular weight is 459 g/mol. The normalized spacial score (nSPS) is 18.4. The van der Waals surface area contributed by atoms with Gasteiger partial charge in [-0.2, -0.15) is 0 Å². The van der Waals surface area contributed by atoms with E-state index in [4.69, 9.17) is 9.47 Å². The van der Waals surface area contributed by atoms with Gasteiger partial charge in [-0.15, -0.1) is 0 Å². The van der Waals surface area contributed by atoms with Crippen LogP contribution in [0.25, 0.3) is 0 Å². The quantitative estimate of drug-likeness (QED) is 0.578. The van der Waals surface area contributed by atoms with E-state index in [0.29, 0.717) is 12.3 Å². The van der Waals surface area contributed by atoms with E-state index in [1.165, 1.54) is 5.56 Å². The van der Waals surface area contributed by atoms with Crippen LogP contribution >= 0.6 is 0 Å². The fourth-order valence-corrected chi connectivity index (χ4v) is 5.19. The van der Waals surface area contributed by atoms with Crippen LogP contribution in [-0.2, 0) is 11.2 Å². The van der Waals surface area contributed by atoms with Crippen LogP contribution in [0.1, 0.15) is 35.6 Å². The Hall–Kier alpha value is -3.61. The van der Waals surface area contributed by atoms with Gasteiger partial charge in [0, 0.05) is 37.9 Å². The van der Waals surface area contributed by atoms with Crippen molar-refractivity contribution in [3.8, 4) is 11.5 Å². The third-order valence-corrected chi connectivity index (χ3v) is 6.95. The molecule has 2 aromatic carbocycles. The zero-order chi connectivity index (χ0) is 23.5. The molecule has 7 nitrogen and oxygen atoms in total. The Kier molecular flexibility index (Phi) is 6.34. The molecule has 0 bridgehead atoms. The van der Waals surface area contributed by atoms with Gasteiger partial charge in [0.05, 0.1) is 20.3 Å². The number of methoxy groups -OCH3 is 2. The van der Waals surface area contributed by atoms with E-state index >= 15 is 0 Å². The maximum atomic E-state index is 13.9. The molecular weight excluding hydrogens is 428 g/mol. The lowest BCUT2D eigenvalue weighted by atomic mass is 9.85. The van der Waals surface area contributed by atoms with Crippen LogP contribution in [-0.4, -0.2) is 54.6 Å². The Morgan fingerprint density at radius 2 is 1.59 bits per heavy atom. The van der Waals surface area contributed by atoms with E-state index in [1.54, 1.807) is 26.6 Å². The number of anilines is 1. The van der Waals surface area contributed by atoms with Crippen molar-refractivity contribution in [1.82, 2.24) is 14.9 Å². The molecule has 2 aliphatic heterocycles. The first kappa shape index (κ1) is 22.2. The molecule has 1 atom stereocenters. The zero-order valence-corrected chi connectivity index (χ0v) is 19.7. The SMILES string of the molecule is COc1cc2c(cc1OC)C(c1ccccc1)N(C(=O)C1CCN(c3ncccn3)CC1)CC2. The molecule has 1 saturated heterocycles. The molecule has 0 spiro atoms. The van der Waals surface area contributed by atoms with Gasteiger partial charge in [0.25, 0.3) is 0 Å². The Labute approximate surface area is 200 Å². The summed E-state index contributed by atoms with van der Waals surface area (Å²) in [5.41, 5.74) is 3.42. The van der Waals surface area contributed by atoms with Gasteiger partial charge in [-0.25, -0.2) is 9.97 Å². The topological polar surface area (TPSA) is 67.8 Å². The summed E-state index contributed by atoms with van der Waals surface area (Å²) < 4.78 is 11.1. The lowest BCUT2D eigenvalue weighted by Gasteiger charge is -2.41. The molecule has 0 N–H and O–H groups in total. The van der Waals surface area contributed by atoms with Crippen molar-refractivity contribution < 1.29 is 14.3 Å². The number of nitrogens with zero attached hydrogens (tertiary/aromatic N) is 4. The predicted octanol–water partition coefficient (Wildman–Crippen LogP) is 3.88. The third-order valence-electron chi connectivity index (χ3n) is 6.95. The summed E-state index contributed by atoms with van der Waals surface area (Å²) in [6, 6.07) is 16.1. The fraction of sp³-hybridized carbons (Fsp3) is 0.370. The summed E-state index contributed by atoms with van der Waals surface area (Å²) in [6.45, 7) is 2.25. The van der Waals surface area contributed by atoms with Gasteiger partial charge < -0.3 is 19.3 Å². The van der Waals surface area contributed by atoms with Crippen LogP contribution in [0.3, 0.4) is 0 Å². The highest BCUT2D eigenvalue weighted by Crippen LogP contribution is 2.42. The molecule has 2 aliphatic rings. The number of hydrogen-bond acceptors (Lipinski definition) is 6. The van der Waals surface area contributed by atoms with Gasteiger partial charge >= 0.3 is 0 Å². The van der Waals surface area contributed by atoms with Crippen molar-refractivity contribution in [1.29, 1.82) is 0 Å². The van der Waals surface area contributed by atoms with Gasteiger partial charge in [-0.3, -0.25) is 4.79 Å². The van der Waals surface area contributed by atoms with Crippen molar-refractivity contribution in [2.75, 3.05) is 38.8 Å². The molecule has 0 saturated carbocycles. The van der Waals surface area contributed by atoms with Crippen LogP contribution < -0.4 is 14.4 Å². The van der Waals surface area contributed by atoms with Gasteiger partial charge in [0.1, 0.15) is 0 Å².